The molecule has 1 heterocycles. The highest BCUT2D eigenvalue weighted by Crippen LogP contribution is 2.75. The van der Waals surface area contributed by atoms with Crippen LogP contribution in [0, 0.1) is 63.6 Å². The first-order valence-corrected chi connectivity index (χ1v) is 20.2. The maximum absolute atomic E-state index is 14.5. The van der Waals surface area contributed by atoms with Gasteiger partial charge in [-0.2, -0.15) is 0 Å². The van der Waals surface area contributed by atoms with Gasteiger partial charge in [0.2, 0.25) is 0 Å². The summed E-state index contributed by atoms with van der Waals surface area (Å²) in [6.45, 7) is 23.4. The molecule has 1 N–H and O–H groups in total. The summed E-state index contributed by atoms with van der Waals surface area (Å²) in [7, 11) is 0. The standard InChI is InChI=1S/C44H66N2O4/c1-29-15-20-44(39(49)50-28-27-45-23-25-46(26-24-45)38(48)32-12-10-9-11-30(32)2)22-21-42(7)33(37(44)31(29)3)13-14-35-41(6)18-17-36(47)40(4,5)34(41)16-19-43(35,42)8/h9-13,29,31,34-37,47H,14-28H2,1-8H3. The van der Waals surface area contributed by atoms with Gasteiger partial charge in [-0.1, -0.05) is 78.3 Å². The fraction of sp³-hybridized carbons (Fsp3) is 0.773. The lowest BCUT2D eigenvalue weighted by Crippen LogP contribution is -2.65. The summed E-state index contributed by atoms with van der Waals surface area (Å²) in [5, 5.41) is 11.1. The highest BCUT2D eigenvalue weighted by atomic mass is 16.5. The second-order valence-corrected chi connectivity index (χ2v) is 19.3. The van der Waals surface area contributed by atoms with Crippen molar-refractivity contribution < 1.29 is 19.4 Å². The molecule has 10 unspecified atom stereocenters. The van der Waals surface area contributed by atoms with Crippen LogP contribution in [-0.4, -0.2) is 72.2 Å². The number of amides is 1. The van der Waals surface area contributed by atoms with Gasteiger partial charge in [-0.15, -0.1) is 0 Å². The first-order chi connectivity index (χ1) is 23.6. The normalized spacial score (nSPS) is 42.7. The Kier molecular flexibility index (Phi) is 9.23. The number of piperazine rings is 1. The van der Waals surface area contributed by atoms with Crippen LogP contribution in [0.1, 0.15) is 122 Å². The Hall–Kier alpha value is -2.18. The number of rotatable bonds is 5. The zero-order chi connectivity index (χ0) is 35.9. The second-order valence-electron chi connectivity index (χ2n) is 19.3. The van der Waals surface area contributed by atoms with E-state index in [4.69, 9.17) is 4.74 Å². The summed E-state index contributed by atoms with van der Waals surface area (Å²) in [5.41, 5.74) is 3.39. The first-order valence-electron chi connectivity index (χ1n) is 20.2. The van der Waals surface area contributed by atoms with Crippen LogP contribution in [0.2, 0.25) is 0 Å². The van der Waals surface area contributed by atoms with Gasteiger partial charge in [0.1, 0.15) is 6.61 Å². The molecule has 0 bridgehead atoms. The molecule has 0 spiro atoms. The summed E-state index contributed by atoms with van der Waals surface area (Å²) >= 11 is 0. The number of nitrogens with zero attached hydrogens (tertiary/aromatic N) is 2. The molecule has 1 aromatic rings. The maximum atomic E-state index is 14.5. The summed E-state index contributed by atoms with van der Waals surface area (Å²) in [4.78, 5) is 32.0. The Morgan fingerprint density at radius 1 is 0.880 bits per heavy atom. The highest BCUT2D eigenvalue weighted by molar-refractivity contribution is 5.95. The molecule has 50 heavy (non-hydrogen) atoms. The number of ether oxygens (including phenoxy) is 1. The third-order valence-electron chi connectivity index (χ3n) is 17.1. The van der Waals surface area contributed by atoms with E-state index >= 15 is 0 Å². The molecular formula is C44H66N2O4. The molecule has 6 heteroatoms. The largest absolute Gasteiger partial charge is 0.464 e. The lowest BCUT2D eigenvalue weighted by molar-refractivity contribution is -0.207. The maximum Gasteiger partial charge on any atom is 0.312 e. The minimum absolute atomic E-state index is 0.0449. The zero-order valence-corrected chi connectivity index (χ0v) is 32.5. The Morgan fingerprint density at radius 2 is 1.60 bits per heavy atom. The molecule has 10 atom stereocenters. The molecule has 0 aromatic heterocycles. The number of aryl methyl sites for hydroxylation is 1. The van der Waals surface area contributed by atoms with Gasteiger partial charge in [-0.25, -0.2) is 0 Å². The number of esters is 1. The van der Waals surface area contributed by atoms with Crippen molar-refractivity contribution in [3.05, 3.63) is 47.0 Å². The van der Waals surface area contributed by atoms with Gasteiger partial charge in [0.05, 0.1) is 11.5 Å². The van der Waals surface area contributed by atoms with Crippen LogP contribution in [-0.2, 0) is 9.53 Å². The predicted molar refractivity (Wildman–Crippen MR) is 199 cm³/mol. The Balaban J connectivity index is 1.06. The van der Waals surface area contributed by atoms with E-state index in [9.17, 15) is 14.7 Å². The summed E-state index contributed by atoms with van der Waals surface area (Å²) < 4.78 is 6.34. The number of carbonyl (C=O) groups is 2. The van der Waals surface area contributed by atoms with Crippen molar-refractivity contribution in [3.63, 3.8) is 0 Å². The SMILES string of the molecule is Cc1ccccc1C(=O)N1CCN(CCOC(=O)C23CCC(C)C(C)C2C2=CCC4C5(C)CCC(O)C(C)(C)C5CCC4(C)C2(C)CC3)CC1. The van der Waals surface area contributed by atoms with E-state index in [0.717, 1.165) is 75.7 Å². The van der Waals surface area contributed by atoms with E-state index in [1.54, 1.807) is 5.57 Å². The Bertz CT molecular complexity index is 1510. The average Bonchev–Trinajstić information content (AvgIpc) is 3.08. The molecule has 6 aliphatic rings. The van der Waals surface area contributed by atoms with Gasteiger partial charge in [-0.3, -0.25) is 14.5 Å². The highest BCUT2D eigenvalue weighted by Gasteiger charge is 2.69. The van der Waals surface area contributed by atoms with E-state index in [-0.39, 0.29) is 45.6 Å². The second kappa shape index (κ2) is 12.7. The van der Waals surface area contributed by atoms with E-state index in [2.05, 4.69) is 59.4 Å². The monoisotopic (exact) mass is 687 g/mol. The van der Waals surface area contributed by atoms with E-state index in [1.165, 1.54) is 12.8 Å². The molecule has 7 rings (SSSR count). The van der Waals surface area contributed by atoms with Crippen LogP contribution in [0.4, 0.5) is 0 Å². The molecule has 4 saturated carbocycles. The average molecular weight is 687 g/mol. The molecule has 1 aliphatic heterocycles. The number of fused-ring (bicyclic) bond motifs is 7. The third kappa shape index (κ3) is 5.30. The van der Waals surface area contributed by atoms with Crippen molar-refractivity contribution in [1.29, 1.82) is 0 Å². The van der Waals surface area contributed by atoms with Gasteiger partial charge in [-0.05, 0) is 128 Å². The number of aliphatic hydroxyl groups excluding tert-OH is 1. The predicted octanol–water partition coefficient (Wildman–Crippen LogP) is 8.31. The number of hydrogen-bond donors (Lipinski definition) is 1. The Morgan fingerprint density at radius 3 is 2.32 bits per heavy atom. The van der Waals surface area contributed by atoms with Gasteiger partial charge < -0.3 is 14.7 Å². The van der Waals surface area contributed by atoms with Crippen LogP contribution >= 0.6 is 0 Å². The molecule has 276 valence electrons. The van der Waals surface area contributed by atoms with Gasteiger partial charge in [0.15, 0.2) is 0 Å². The minimum atomic E-state index is -0.433. The smallest absolute Gasteiger partial charge is 0.312 e. The van der Waals surface area contributed by atoms with Crippen molar-refractivity contribution in [1.82, 2.24) is 9.80 Å². The van der Waals surface area contributed by atoms with Crippen LogP contribution < -0.4 is 0 Å². The van der Waals surface area contributed by atoms with Gasteiger partial charge >= 0.3 is 5.97 Å². The fourth-order valence-corrected chi connectivity index (χ4v) is 13.4. The number of benzene rings is 1. The lowest BCUT2D eigenvalue weighted by atomic mass is 9.33. The fourth-order valence-electron chi connectivity index (χ4n) is 13.4. The van der Waals surface area contributed by atoms with Gasteiger partial charge in [0, 0.05) is 38.3 Å². The molecule has 1 amide bonds. The van der Waals surface area contributed by atoms with Crippen molar-refractivity contribution in [2.45, 2.75) is 119 Å². The molecule has 5 fully saturated rings. The molecule has 0 radical (unpaired) electrons. The van der Waals surface area contributed by atoms with E-state index < -0.39 is 5.41 Å². The van der Waals surface area contributed by atoms with E-state index in [1.807, 2.05) is 36.1 Å². The van der Waals surface area contributed by atoms with Crippen molar-refractivity contribution in [2.75, 3.05) is 39.3 Å². The van der Waals surface area contributed by atoms with Crippen molar-refractivity contribution >= 4 is 11.9 Å². The van der Waals surface area contributed by atoms with Crippen LogP contribution in [0.5, 0.6) is 0 Å². The first kappa shape index (κ1) is 36.2. The van der Waals surface area contributed by atoms with E-state index in [0.29, 0.717) is 43.4 Å². The number of carbonyl (C=O) groups excluding carboxylic acids is 2. The Labute approximate surface area is 302 Å². The van der Waals surface area contributed by atoms with Crippen molar-refractivity contribution in [2.24, 2.45) is 56.7 Å². The van der Waals surface area contributed by atoms with Crippen LogP contribution in [0.3, 0.4) is 0 Å². The minimum Gasteiger partial charge on any atom is -0.464 e. The summed E-state index contributed by atoms with van der Waals surface area (Å²) in [6.07, 6.45) is 12.0. The third-order valence-corrected chi connectivity index (χ3v) is 17.1. The van der Waals surface area contributed by atoms with Gasteiger partial charge in [0.25, 0.3) is 5.91 Å². The van der Waals surface area contributed by atoms with Crippen LogP contribution in [0.15, 0.2) is 35.9 Å². The summed E-state index contributed by atoms with van der Waals surface area (Å²) in [6, 6.07) is 7.84. The topological polar surface area (TPSA) is 70.1 Å². The van der Waals surface area contributed by atoms with Crippen LogP contribution in [0.25, 0.3) is 0 Å². The quantitative estimate of drug-likeness (QED) is 0.249. The lowest BCUT2D eigenvalue weighted by Gasteiger charge is -2.71. The molecule has 6 nitrogen and oxygen atoms in total. The molecule has 1 saturated heterocycles. The molecular weight excluding hydrogens is 620 g/mol. The molecule has 1 aromatic carbocycles. The number of hydrogen-bond acceptors (Lipinski definition) is 5. The number of allylic oxidation sites excluding steroid dienone is 2. The van der Waals surface area contributed by atoms with Crippen molar-refractivity contribution in [3.8, 4) is 0 Å². The summed E-state index contributed by atoms with van der Waals surface area (Å²) in [5.74, 6) is 2.56. The number of aliphatic hydroxyl groups is 1. The zero-order valence-electron chi connectivity index (χ0n) is 32.5. The molecule has 5 aliphatic carbocycles.